The van der Waals surface area contributed by atoms with Gasteiger partial charge in [0.05, 0.1) is 39.9 Å². The number of likely N-dealkylation sites (N-methyl/N-ethyl adjacent to an activating group) is 1. The minimum atomic E-state index is -4.56. The van der Waals surface area contributed by atoms with E-state index in [1.807, 2.05) is 21.1 Å². The summed E-state index contributed by atoms with van der Waals surface area (Å²) in [4.78, 5) is 25.3. The molecule has 0 rings (SSSR count). The first-order valence-electron chi connectivity index (χ1n) is 24.1. The van der Waals surface area contributed by atoms with Crippen LogP contribution in [0.4, 0.5) is 0 Å². The van der Waals surface area contributed by atoms with E-state index in [-0.39, 0.29) is 19.1 Å². The number of hydrogen-bond donors (Lipinski definition) is 2. The van der Waals surface area contributed by atoms with E-state index in [0.29, 0.717) is 23.9 Å². The lowest BCUT2D eigenvalue weighted by Crippen LogP contribution is -2.46. The van der Waals surface area contributed by atoms with Crippen LogP contribution in [-0.4, -0.2) is 68.5 Å². The second-order valence-corrected chi connectivity index (χ2v) is 18.8. The van der Waals surface area contributed by atoms with Gasteiger partial charge >= 0.3 is 0 Å². The molecule has 0 fully saturated rings. The zero-order valence-electron chi connectivity index (χ0n) is 38.9. The highest BCUT2D eigenvalue weighted by Gasteiger charge is 2.24. The average Bonchev–Trinajstić information content (AvgIpc) is 3.19. The van der Waals surface area contributed by atoms with Crippen LogP contribution < -0.4 is 10.2 Å². The maximum absolute atomic E-state index is 12.9. The fourth-order valence-corrected chi connectivity index (χ4v) is 7.44. The minimum Gasteiger partial charge on any atom is -0.756 e. The predicted molar refractivity (Wildman–Crippen MR) is 251 cm³/mol. The lowest BCUT2D eigenvalue weighted by atomic mass is 10.0. The standard InChI is InChI=1S/C50H93N2O6P/c1-6-8-10-12-14-16-17-18-19-20-21-22-23-24-25-26-27-28-29-30-31-32-33-34-35-36-38-40-42-44-50(54)51-48(47-58-59(55,56)57-46-45-52(3,4)5)49(53)43-41-39-37-15-13-11-9-7-2/h8,10,14,16,18-19,21-22,24-25,48-49,53H,6-7,9,11-13,15,17,20,23,26-47H2,1-5H3,(H-,51,54,55,56)/b10-8-,16-14-,19-18-,22-21-,25-24-. The van der Waals surface area contributed by atoms with Crippen LogP contribution in [0.25, 0.3) is 0 Å². The number of nitrogens with zero attached hydrogens (tertiary/aromatic N) is 1. The fourth-order valence-electron chi connectivity index (χ4n) is 6.71. The molecule has 3 atom stereocenters. The summed E-state index contributed by atoms with van der Waals surface area (Å²) >= 11 is 0. The summed E-state index contributed by atoms with van der Waals surface area (Å²) < 4.78 is 23.2. The second kappa shape index (κ2) is 41.5. The van der Waals surface area contributed by atoms with Crippen LogP contribution in [-0.2, 0) is 18.4 Å². The number of aliphatic hydroxyl groups is 1. The summed E-state index contributed by atoms with van der Waals surface area (Å²) in [5, 5.41) is 13.8. The molecule has 9 heteroatoms. The van der Waals surface area contributed by atoms with Crippen LogP contribution in [0.2, 0.25) is 0 Å². The van der Waals surface area contributed by atoms with E-state index in [2.05, 4.69) is 79.9 Å². The predicted octanol–water partition coefficient (Wildman–Crippen LogP) is 13.2. The van der Waals surface area contributed by atoms with Gasteiger partial charge in [-0.25, -0.2) is 0 Å². The summed E-state index contributed by atoms with van der Waals surface area (Å²) in [7, 11) is 1.30. The zero-order valence-corrected chi connectivity index (χ0v) is 39.8. The number of rotatable bonds is 43. The van der Waals surface area contributed by atoms with Gasteiger partial charge in [0.15, 0.2) is 0 Å². The zero-order chi connectivity index (χ0) is 43.6. The second-order valence-electron chi connectivity index (χ2n) is 17.4. The molecule has 3 unspecified atom stereocenters. The van der Waals surface area contributed by atoms with Crippen molar-refractivity contribution >= 4 is 13.7 Å². The largest absolute Gasteiger partial charge is 0.756 e. The highest BCUT2D eigenvalue weighted by molar-refractivity contribution is 7.45. The topological polar surface area (TPSA) is 108 Å². The summed E-state index contributed by atoms with van der Waals surface area (Å²) in [6, 6.07) is -0.800. The van der Waals surface area contributed by atoms with Crippen LogP contribution in [0.15, 0.2) is 60.8 Å². The van der Waals surface area contributed by atoms with Crippen molar-refractivity contribution < 1.29 is 32.9 Å². The van der Waals surface area contributed by atoms with Gasteiger partial charge in [-0.3, -0.25) is 9.36 Å². The Kier molecular flexibility index (Phi) is 40.3. The quantitative estimate of drug-likeness (QED) is 0.0274. The number of phosphoric acid groups is 1. The highest BCUT2D eigenvalue weighted by atomic mass is 31.2. The molecule has 0 spiro atoms. The Morgan fingerprint density at radius 2 is 1.03 bits per heavy atom. The average molecular weight is 849 g/mol. The van der Waals surface area contributed by atoms with Crippen LogP contribution in [0, 0.1) is 0 Å². The van der Waals surface area contributed by atoms with Crippen molar-refractivity contribution in [2.75, 3.05) is 40.9 Å². The Morgan fingerprint density at radius 1 is 0.610 bits per heavy atom. The summed E-state index contributed by atoms with van der Waals surface area (Å²) in [5.41, 5.74) is 0. The van der Waals surface area contributed by atoms with Crippen molar-refractivity contribution in [1.29, 1.82) is 0 Å². The number of allylic oxidation sites excluding steroid dienone is 10. The molecular formula is C50H93N2O6P. The van der Waals surface area contributed by atoms with Gasteiger partial charge in [0, 0.05) is 6.42 Å². The van der Waals surface area contributed by atoms with Crippen molar-refractivity contribution in [3.63, 3.8) is 0 Å². The third-order valence-electron chi connectivity index (χ3n) is 10.5. The Hall–Kier alpha value is -1.80. The molecule has 59 heavy (non-hydrogen) atoms. The SMILES string of the molecule is CC/C=C\C/C=C\C/C=C\C/C=C\C/C=C\CCCCCCCCCCCCCCCC(=O)NC(COP(=O)([O-])OCC[N+](C)(C)C)C(O)CCCCCCCCCC. The van der Waals surface area contributed by atoms with Gasteiger partial charge in [0.2, 0.25) is 5.91 Å². The van der Waals surface area contributed by atoms with E-state index in [4.69, 9.17) is 9.05 Å². The van der Waals surface area contributed by atoms with Crippen LogP contribution in [0.5, 0.6) is 0 Å². The van der Waals surface area contributed by atoms with Crippen LogP contribution in [0.1, 0.15) is 200 Å². The number of carbonyl (C=O) groups is 1. The Labute approximate surface area is 364 Å². The van der Waals surface area contributed by atoms with Gasteiger partial charge in [-0.1, -0.05) is 197 Å². The van der Waals surface area contributed by atoms with Crippen molar-refractivity contribution in [3.8, 4) is 0 Å². The van der Waals surface area contributed by atoms with E-state index in [0.717, 1.165) is 70.6 Å². The molecule has 0 aliphatic carbocycles. The lowest BCUT2D eigenvalue weighted by molar-refractivity contribution is -0.870. The van der Waals surface area contributed by atoms with E-state index in [9.17, 15) is 19.4 Å². The molecule has 0 saturated carbocycles. The van der Waals surface area contributed by atoms with Gasteiger partial charge in [0.25, 0.3) is 7.82 Å². The molecular weight excluding hydrogens is 756 g/mol. The van der Waals surface area contributed by atoms with Crippen molar-refractivity contribution in [2.24, 2.45) is 0 Å². The summed E-state index contributed by atoms with van der Waals surface area (Å²) in [6.45, 7) is 4.56. The Bertz CT molecular complexity index is 1140. The number of amides is 1. The number of quaternary nitrogens is 1. The smallest absolute Gasteiger partial charge is 0.268 e. The number of phosphoric ester groups is 1. The number of aliphatic hydroxyl groups excluding tert-OH is 1. The van der Waals surface area contributed by atoms with Crippen molar-refractivity contribution in [1.82, 2.24) is 5.32 Å². The molecule has 0 heterocycles. The molecule has 0 aromatic rings. The molecule has 0 radical (unpaired) electrons. The molecule has 2 N–H and O–H groups in total. The van der Waals surface area contributed by atoms with Crippen LogP contribution >= 0.6 is 7.82 Å². The summed E-state index contributed by atoms with van der Waals surface area (Å²) in [5.74, 6) is -0.172. The summed E-state index contributed by atoms with van der Waals surface area (Å²) in [6.07, 6.45) is 54.0. The Balaban J connectivity index is 4.04. The molecule has 8 nitrogen and oxygen atoms in total. The van der Waals surface area contributed by atoms with E-state index < -0.39 is 20.0 Å². The number of hydrogen-bond acceptors (Lipinski definition) is 6. The molecule has 0 aromatic carbocycles. The van der Waals surface area contributed by atoms with Crippen molar-refractivity contribution in [3.05, 3.63) is 60.8 Å². The van der Waals surface area contributed by atoms with Gasteiger partial charge < -0.3 is 28.8 Å². The molecule has 0 bridgehead atoms. The number of nitrogens with one attached hydrogen (secondary N) is 1. The Morgan fingerprint density at radius 3 is 1.51 bits per heavy atom. The third kappa shape index (κ3) is 44.1. The maximum Gasteiger partial charge on any atom is 0.268 e. The lowest BCUT2D eigenvalue weighted by Gasteiger charge is -2.30. The first kappa shape index (κ1) is 57.2. The van der Waals surface area contributed by atoms with Crippen molar-refractivity contribution in [2.45, 2.75) is 212 Å². The first-order chi connectivity index (χ1) is 28.5. The van der Waals surface area contributed by atoms with Gasteiger partial charge in [-0.05, 0) is 57.8 Å². The van der Waals surface area contributed by atoms with E-state index in [1.54, 1.807) is 0 Å². The maximum atomic E-state index is 12.9. The first-order valence-corrected chi connectivity index (χ1v) is 25.6. The van der Waals surface area contributed by atoms with E-state index >= 15 is 0 Å². The molecule has 1 amide bonds. The van der Waals surface area contributed by atoms with Gasteiger partial charge in [-0.2, -0.15) is 0 Å². The van der Waals surface area contributed by atoms with Gasteiger partial charge in [0.1, 0.15) is 13.2 Å². The normalized spacial score (nSPS) is 14.8. The highest BCUT2D eigenvalue weighted by Crippen LogP contribution is 2.38. The number of carbonyl (C=O) groups excluding carboxylic acids is 1. The molecule has 344 valence electrons. The minimum absolute atomic E-state index is 0.00995. The molecule has 0 aliphatic rings. The fraction of sp³-hybridized carbons (Fsp3) is 0.780. The number of unbranched alkanes of at least 4 members (excludes halogenated alkanes) is 20. The third-order valence-corrected chi connectivity index (χ3v) is 11.5. The van der Waals surface area contributed by atoms with E-state index in [1.165, 1.54) is 103 Å². The molecule has 0 aliphatic heterocycles. The van der Waals surface area contributed by atoms with Crippen LogP contribution in [0.3, 0.4) is 0 Å². The van der Waals surface area contributed by atoms with Gasteiger partial charge in [-0.15, -0.1) is 0 Å². The monoisotopic (exact) mass is 849 g/mol. The molecule has 0 aromatic heterocycles. The molecule has 0 saturated heterocycles.